The molecule has 2 aromatic heterocycles. The molecule has 2 aliphatic rings. The predicted molar refractivity (Wildman–Crippen MR) is 85.3 cm³/mol. The van der Waals surface area contributed by atoms with Crippen LogP contribution < -0.4 is 0 Å². The smallest absolute Gasteiger partial charge is 0.290 e. The second-order valence-corrected chi connectivity index (χ2v) is 6.48. The maximum absolute atomic E-state index is 12.8. The van der Waals surface area contributed by atoms with Crippen molar-refractivity contribution in [2.75, 3.05) is 19.6 Å². The zero-order chi connectivity index (χ0) is 16.7. The summed E-state index contributed by atoms with van der Waals surface area (Å²) in [7, 11) is 0. The minimum atomic E-state index is -0.109. The molecule has 0 N–H and O–H groups in total. The van der Waals surface area contributed by atoms with Crippen molar-refractivity contribution in [1.82, 2.24) is 19.6 Å². The van der Waals surface area contributed by atoms with Crippen LogP contribution in [0.5, 0.6) is 0 Å². The van der Waals surface area contributed by atoms with Crippen LogP contribution in [0.25, 0.3) is 0 Å². The lowest BCUT2D eigenvalue weighted by atomic mass is 10.1. The van der Waals surface area contributed by atoms with Gasteiger partial charge in [0, 0.05) is 37.8 Å². The predicted octanol–water partition coefficient (Wildman–Crippen LogP) is 1.60. The van der Waals surface area contributed by atoms with Crippen molar-refractivity contribution in [3.05, 3.63) is 41.6 Å². The Morgan fingerprint density at radius 2 is 2.29 bits per heavy atom. The number of carbonyl (C=O) groups is 2. The number of hydrogen-bond acceptors (Lipinski definition) is 4. The number of furan rings is 1. The van der Waals surface area contributed by atoms with Gasteiger partial charge in [0.2, 0.25) is 5.91 Å². The van der Waals surface area contributed by atoms with E-state index in [1.165, 1.54) is 6.26 Å². The zero-order valence-corrected chi connectivity index (χ0v) is 13.6. The van der Waals surface area contributed by atoms with Crippen LogP contribution in [0.4, 0.5) is 0 Å². The third-order valence-corrected chi connectivity index (χ3v) is 4.83. The van der Waals surface area contributed by atoms with Crippen LogP contribution in [0.1, 0.15) is 40.7 Å². The molecule has 1 saturated heterocycles. The molecule has 1 fully saturated rings. The minimum absolute atomic E-state index is 0.0231. The Morgan fingerprint density at radius 1 is 1.42 bits per heavy atom. The van der Waals surface area contributed by atoms with Gasteiger partial charge < -0.3 is 14.2 Å². The largest absolute Gasteiger partial charge is 0.459 e. The van der Waals surface area contributed by atoms with Gasteiger partial charge in [0.05, 0.1) is 24.5 Å². The number of likely N-dealkylation sites (tertiary alicyclic amines) is 1. The standard InChI is InChI=1S/C17H20N4O3/c1-12-5-8-24-16(12)17(23)20-9-13-4-6-18-21(13)14(11-20)10-19-7-2-3-15(19)22/h4-6,8,14H,2-3,7,9-11H2,1H3/t14-/m1/s1. The molecule has 2 amide bonds. The maximum atomic E-state index is 12.8. The fourth-order valence-electron chi connectivity index (χ4n) is 3.56. The second kappa shape index (κ2) is 5.81. The molecule has 0 radical (unpaired) electrons. The molecule has 7 heteroatoms. The fraction of sp³-hybridized carbons (Fsp3) is 0.471. The molecule has 1 atom stereocenters. The number of rotatable bonds is 3. The molecule has 0 bridgehead atoms. The van der Waals surface area contributed by atoms with Gasteiger partial charge in [-0.05, 0) is 25.5 Å². The SMILES string of the molecule is Cc1ccoc1C(=O)N1Cc2ccnn2[C@H](CN2CCCC2=O)C1. The number of fused-ring (bicyclic) bond motifs is 1. The van der Waals surface area contributed by atoms with E-state index in [0.29, 0.717) is 31.8 Å². The Bertz CT molecular complexity index is 778. The first kappa shape index (κ1) is 15.0. The van der Waals surface area contributed by atoms with Gasteiger partial charge in [-0.15, -0.1) is 0 Å². The highest BCUT2D eigenvalue weighted by atomic mass is 16.3. The van der Waals surface area contributed by atoms with Crippen LogP contribution in [-0.2, 0) is 11.3 Å². The van der Waals surface area contributed by atoms with Gasteiger partial charge in [-0.3, -0.25) is 14.3 Å². The van der Waals surface area contributed by atoms with Gasteiger partial charge in [-0.25, -0.2) is 0 Å². The van der Waals surface area contributed by atoms with E-state index >= 15 is 0 Å². The summed E-state index contributed by atoms with van der Waals surface area (Å²) in [5.74, 6) is 0.468. The Balaban J connectivity index is 1.58. The van der Waals surface area contributed by atoms with E-state index in [4.69, 9.17) is 4.42 Å². The highest BCUT2D eigenvalue weighted by molar-refractivity contribution is 5.92. The summed E-state index contributed by atoms with van der Waals surface area (Å²) < 4.78 is 7.31. The van der Waals surface area contributed by atoms with Gasteiger partial charge >= 0.3 is 0 Å². The molecule has 4 rings (SSSR count). The Kier molecular flexibility index (Phi) is 3.63. The summed E-state index contributed by atoms with van der Waals surface area (Å²) in [5, 5.41) is 4.40. The molecule has 126 valence electrons. The molecule has 0 saturated carbocycles. The van der Waals surface area contributed by atoms with E-state index in [2.05, 4.69) is 5.10 Å². The Hall–Kier alpha value is -2.57. The van der Waals surface area contributed by atoms with Crippen molar-refractivity contribution < 1.29 is 14.0 Å². The van der Waals surface area contributed by atoms with Gasteiger partial charge in [-0.2, -0.15) is 5.10 Å². The maximum Gasteiger partial charge on any atom is 0.290 e. The topological polar surface area (TPSA) is 71.6 Å². The van der Waals surface area contributed by atoms with Crippen molar-refractivity contribution in [3.63, 3.8) is 0 Å². The monoisotopic (exact) mass is 328 g/mol. The van der Waals surface area contributed by atoms with Gasteiger partial charge in [-0.1, -0.05) is 0 Å². The van der Waals surface area contributed by atoms with Crippen molar-refractivity contribution >= 4 is 11.8 Å². The quantitative estimate of drug-likeness (QED) is 0.858. The van der Waals surface area contributed by atoms with Crippen molar-refractivity contribution in [2.45, 2.75) is 32.4 Å². The second-order valence-electron chi connectivity index (χ2n) is 6.48. The van der Waals surface area contributed by atoms with E-state index < -0.39 is 0 Å². The highest BCUT2D eigenvalue weighted by Gasteiger charge is 2.33. The van der Waals surface area contributed by atoms with Crippen molar-refractivity contribution in [1.29, 1.82) is 0 Å². The average Bonchev–Trinajstić information content (AvgIpc) is 3.28. The van der Waals surface area contributed by atoms with E-state index in [0.717, 1.165) is 24.2 Å². The van der Waals surface area contributed by atoms with Gasteiger partial charge in [0.25, 0.3) is 5.91 Å². The molecule has 4 heterocycles. The van der Waals surface area contributed by atoms with Gasteiger partial charge in [0.15, 0.2) is 5.76 Å². The summed E-state index contributed by atoms with van der Waals surface area (Å²) >= 11 is 0. The average molecular weight is 328 g/mol. The highest BCUT2D eigenvalue weighted by Crippen LogP contribution is 2.25. The fourth-order valence-corrected chi connectivity index (χ4v) is 3.56. The summed E-state index contributed by atoms with van der Waals surface area (Å²) in [5.41, 5.74) is 1.82. The molecule has 2 aliphatic heterocycles. The third-order valence-electron chi connectivity index (χ3n) is 4.83. The number of aromatic nitrogens is 2. The summed E-state index contributed by atoms with van der Waals surface area (Å²) in [6.07, 6.45) is 4.82. The van der Waals surface area contributed by atoms with Crippen LogP contribution >= 0.6 is 0 Å². The first-order chi connectivity index (χ1) is 11.6. The molecule has 0 spiro atoms. The lowest BCUT2D eigenvalue weighted by Gasteiger charge is -2.35. The number of hydrogen-bond donors (Lipinski definition) is 0. The van der Waals surface area contributed by atoms with E-state index in [1.54, 1.807) is 17.2 Å². The zero-order valence-electron chi connectivity index (χ0n) is 13.6. The summed E-state index contributed by atoms with van der Waals surface area (Å²) in [6.45, 7) is 4.28. The normalized spacial score (nSPS) is 20.5. The lowest BCUT2D eigenvalue weighted by molar-refractivity contribution is -0.128. The van der Waals surface area contributed by atoms with Gasteiger partial charge in [0.1, 0.15) is 0 Å². The number of aryl methyl sites for hydroxylation is 1. The van der Waals surface area contributed by atoms with E-state index in [1.807, 2.05) is 22.6 Å². The Morgan fingerprint density at radius 3 is 3.00 bits per heavy atom. The molecular weight excluding hydrogens is 308 g/mol. The molecule has 0 aliphatic carbocycles. The molecule has 7 nitrogen and oxygen atoms in total. The molecule has 0 unspecified atom stereocenters. The van der Waals surface area contributed by atoms with E-state index in [9.17, 15) is 9.59 Å². The van der Waals surface area contributed by atoms with Crippen LogP contribution in [0, 0.1) is 6.92 Å². The van der Waals surface area contributed by atoms with Crippen molar-refractivity contribution in [3.8, 4) is 0 Å². The first-order valence-electron chi connectivity index (χ1n) is 8.27. The van der Waals surface area contributed by atoms with Crippen LogP contribution in [-0.4, -0.2) is 51.0 Å². The van der Waals surface area contributed by atoms with Crippen LogP contribution in [0.3, 0.4) is 0 Å². The summed E-state index contributed by atoms with van der Waals surface area (Å²) in [4.78, 5) is 28.4. The number of carbonyl (C=O) groups excluding carboxylic acids is 2. The Labute approximate surface area is 139 Å². The molecule has 0 aromatic carbocycles. The van der Waals surface area contributed by atoms with Crippen LogP contribution in [0.15, 0.2) is 29.0 Å². The first-order valence-corrected chi connectivity index (χ1v) is 8.27. The summed E-state index contributed by atoms with van der Waals surface area (Å²) in [6, 6.07) is 3.69. The number of nitrogens with zero attached hydrogens (tertiary/aromatic N) is 4. The molecule has 24 heavy (non-hydrogen) atoms. The van der Waals surface area contributed by atoms with Crippen molar-refractivity contribution in [2.24, 2.45) is 0 Å². The third kappa shape index (κ3) is 2.50. The van der Waals surface area contributed by atoms with Crippen LogP contribution in [0.2, 0.25) is 0 Å². The lowest BCUT2D eigenvalue weighted by Crippen LogP contribution is -2.45. The number of amides is 2. The molecule has 2 aromatic rings. The van der Waals surface area contributed by atoms with E-state index in [-0.39, 0.29) is 17.9 Å². The molecular formula is C17H20N4O3. The minimum Gasteiger partial charge on any atom is -0.459 e.